The van der Waals surface area contributed by atoms with Gasteiger partial charge in [0.1, 0.15) is 11.5 Å². The lowest BCUT2D eigenvalue weighted by molar-refractivity contribution is -0.384. The van der Waals surface area contributed by atoms with Gasteiger partial charge >= 0.3 is 0 Å². The highest BCUT2D eigenvalue weighted by molar-refractivity contribution is 7.09. The first-order chi connectivity index (χ1) is 11.6. The number of aryl methyl sites for hydroxylation is 1. The van der Waals surface area contributed by atoms with Crippen molar-refractivity contribution in [2.24, 2.45) is 0 Å². The van der Waals surface area contributed by atoms with Crippen LogP contribution in [0.25, 0.3) is 0 Å². The monoisotopic (exact) mass is 350 g/mol. The average molecular weight is 350 g/mol. The molecule has 0 bridgehead atoms. The molecule has 2 aromatic rings. The molecular weight excluding hydrogens is 331 g/mol. The minimum atomic E-state index is -0.584. The van der Waals surface area contributed by atoms with Gasteiger partial charge in [0.2, 0.25) is 0 Å². The van der Waals surface area contributed by atoms with Gasteiger partial charge in [-0.1, -0.05) is 6.92 Å². The van der Waals surface area contributed by atoms with Gasteiger partial charge in [0.05, 0.1) is 21.7 Å². The number of rotatable bonds is 5. The van der Waals surface area contributed by atoms with Crippen LogP contribution in [0.1, 0.15) is 17.6 Å². The van der Waals surface area contributed by atoms with Crippen molar-refractivity contribution in [3.8, 4) is 0 Å². The number of anilines is 1. The predicted molar refractivity (Wildman–Crippen MR) is 92.0 cm³/mol. The molecule has 2 heterocycles. The molecule has 24 heavy (non-hydrogen) atoms. The summed E-state index contributed by atoms with van der Waals surface area (Å²) in [6, 6.07) is 3.76. The Balaban J connectivity index is 1.64. The van der Waals surface area contributed by atoms with Crippen LogP contribution in [0.15, 0.2) is 23.6 Å². The molecule has 1 aromatic carbocycles. The summed E-state index contributed by atoms with van der Waals surface area (Å²) in [6.07, 6.45) is 0.951. The maximum absolute atomic E-state index is 13.3. The molecule has 128 valence electrons. The summed E-state index contributed by atoms with van der Waals surface area (Å²) in [4.78, 5) is 19.4. The van der Waals surface area contributed by atoms with Crippen LogP contribution in [0, 0.1) is 15.9 Å². The normalized spacial score (nSPS) is 15.7. The van der Waals surface area contributed by atoms with Crippen LogP contribution in [0.2, 0.25) is 0 Å². The van der Waals surface area contributed by atoms with Crippen LogP contribution >= 0.6 is 11.3 Å². The van der Waals surface area contributed by atoms with Gasteiger partial charge in [-0.05, 0) is 18.6 Å². The molecule has 0 amide bonds. The second-order valence-electron chi connectivity index (χ2n) is 5.74. The van der Waals surface area contributed by atoms with E-state index in [-0.39, 0.29) is 5.69 Å². The Kier molecular flexibility index (Phi) is 5.06. The van der Waals surface area contributed by atoms with E-state index in [0.717, 1.165) is 42.8 Å². The first-order valence-electron chi connectivity index (χ1n) is 7.91. The minimum absolute atomic E-state index is 0.171. The Morgan fingerprint density at radius 1 is 1.33 bits per heavy atom. The highest BCUT2D eigenvalue weighted by Crippen LogP contribution is 2.29. The molecule has 0 radical (unpaired) electrons. The number of nitro benzene ring substituents is 1. The molecule has 1 aliphatic rings. The number of piperazine rings is 1. The van der Waals surface area contributed by atoms with E-state index < -0.39 is 10.7 Å². The van der Waals surface area contributed by atoms with Crippen LogP contribution in [-0.4, -0.2) is 41.0 Å². The Hall–Kier alpha value is -2.06. The molecule has 1 saturated heterocycles. The summed E-state index contributed by atoms with van der Waals surface area (Å²) in [6.45, 7) is 5.85. The van der Waals surface area contributed by atoms with Gasteiger partial charge in [0.25, 0.3) is 5.69 Å². The van der Waals surface area contributed by atoms with Crippen LogP contribution in [-0.2, 0) is 13.0 Å². The highest BCUT2D eigenvalue weighted by atomic mass is 32.1. The quantitative estimate of drug-likeness (QED) is 0.612. The van der Waals surface area contributed by atoms with E-state index in [1.807, 2.05) is 4.90 Å². The van der Waals surface area contributed by atoms with E-state index in [1.165, 1.54) is 12.1 Å². The van der Waals surface area contributed by atoms with E-state index in [4.69, 9.17) is 0 Å². The lowest BCUT2D eigenvalue weighted by atomic mass is 10.2. The molecule has 8 heteroatoms. The van der Waals surface area contributed by atoms with Gasteiger partial charge in [0, 0.05) is 38.1 Å². The van der Waals surface area contributed by atoms with E-state index in [1.54, 1.807) is 11.3 Å². The average Bonchev–Trinajstić information content (AvgIpc) is 3.03. The third-order valence-electron chi connectivity index (χ3n) is 4.13. The van der Waals surface area contributed by atoms with Gasteiger partial charge in [-0.2, -0.15) is 0 Å². The molecule has 0 N–H and O–H groups in total. The van der Waals surface area contributed by atoms with Crippen molar-refractivity contribution < 1.29 is 9.31 Å². The Labute approximate surface area is 143 Å². The lowest BCUT2D eigenvalue weighted by Gasteiger charge is -2.35. The predicted octanol–water partition coefficient (Wildman–Crippen LogP) is 3.08. The minimum Gasteiger partial charge on any atom is -0.363 e. The molecule has 1 aromatic heterocycles. The Morgan fingerprint density at radius 3 is 2.71 bits per heavy atom. The second kappa shape index (κ2) is 7.23. The Morgan fingerprint density at radius 2 is 2.08 bits per heavy atom. The van der Waals surface area contributed by atoms with Gasteiger partial charge in [0.15, 0.2) is 0 Å². The van der Waals surface area contributed by atoms with Crippen LogP contribution in [0.3, 0.4) is 0 Å². The van der Waals surface area contributed by atoms with Gasteiger partial charge < -0.3 is 4.90 Å². The molecule has 0 unspecified atom stereocenters. The molecule has 0 saturated carbocycles. The largest absolute Gasteiger partial charge is 0.363 e. The van der Waals surface area contributed by atoms with E-state index in [2.05, 4.69) is 22.2 Å². The van der Waals surface area contributed by atoms with Crippen LogP contribution in [0.4, 0.5) is 15.8 Å². The highest BCUT2D eigenvalue weighted by Gasteiger charge is 2.24. The molecule has 3 rings (SSSR count). The SMILES string of the molecule is CCc1nc(CN2CCN(c3ccc(F)cc3[N+](=O)[O-])CC2)cs1. The summed E-state index contributed by atoms with van der Waals surface area (Å²) >= 11 is 1.68. The molecule has 0 atom stereocenters. The summed E-state index contributed by atoms with van der Waals surface area (Å²) in [5.74, 6) is -0.584. The summed E-state index contributed by atoms with van der Waals surface area (Å²) in [5.41, 5.74) is 1.40. The smallest absolute Gasteiger partial charge is 0.295 e. The zero-order valence-corrected chi connectivity index (χ0v) is 14.3. The Bertz CT molecular complexity index is 729. The number of thiazole rings is 1. The number of nitro groups is 1. The number of nitrogens with zero attached hydrogens (tertiary/aromatic N) is 4. The van der Waals surface area contributed by atoms with Crippen molar-refractivity contribution in [1.82, 2.24) is 9.88 Å². The van der Waals surface area contributed by atoms with Crippen LogP contribution < -0.4 is 4.90 Å². The zero-order chi connectivity index (χ0) is 17.1. The van der Waals surface area contributed by atoms with Crippen molar-refractivity contribution in [1.29, 1.82) is 0 Å². The number of aromatic nitrogens is 1. The van der Waals surface area contributed by atoms with Gasteiger partial charge in [-0.3, -0.25) is 15.0 Å². The lowest BCUT2D eigenvalue weighted by Crippen LogP contribution is -2.46. The third kappa shape index (κ3) is 3.70. The molecule has 0 spiro atoms. The fourth-order valence-corrected chi connectivity index (χ4v) is 3.61. The molecule has 1 aliphatic heterocycles. The summed E-state index contributed by atoms with van der Waals surface area (Å²) in [5, 5.41) is 14.4. The number of benzene rings is 1. The van der Waals surface area contributed by atoms with Gasteiger partial charge in [-0.25, -0.2) is 9.37 Å². The fraction of sp³-hybridized carbons (Fsp3) is 0.438. The molecular formula is C16H19FN4O2S. The van der Waals surface area contributed by atoms with E-state index in [0.29, 0.717) is 18.8 Å². The summed E-state index contributed by atoms with van der Waals surface area (Å²) in [7, 11) is 0. The topological polar surface area (TPSA) is 62.5 Å². The second-order valence-corrected chi connectivity index (χ2v) is 6.68. The number of hydrogen-bond donors (Lipinski definition) is 0. The van der Waals surface area contributed by atoms with Crippen LogP contribution in [0.5, 0.6) is 0 Å². The van der Waals surface area contributed by atoms with Crippen molar-refractivity contribution in [2.75, 3.05) is 31.1 Å². The molecule has 1 fully saturated rings. The maximum atomic E-state index is 13.3. The van der Waals surface area contributed by atoms with E-state index >= 15 is 0 Å². The van der Waals surface area contributed by atoms with E-state index in [9.17, 15) is 14.5 Å². The van der Waals surface area contributed by atoms with Crippen molar-refractivity contribution in [3.05, 3.63) is 50.2 Å². The number of halogens is 1. The summed E-state index contributed by atoms with van der Waals surface area (Å²) < 4.78 is 13.3. The number of hydrogen-bond acceptors (Lipinski definition) is 6. The first-order valence-corrected chi connectivity index (χ1v) is 8.79. The van der Waals surface area contributed by atoms with Crippen molar-refractivity contribution in [3.63, 3.8) is 0 Å². The zero-order valence-electron chi connectivity index (χ0n) is 13.4. The standard InChI is InChI=1S/C16H19FN4O2S/c1-2-16-18-13(11-24-16)10-19-5-7-20(8-6-19)14-4-3-12(17)9-15(14)21(22)23/h3-4,9,11H,2,5-8,10H2,1H3. The molecule has 0 aliphatic carbocycles. The maximum Gasteiger partial charge on any atom is 0.295 e. The van der Waals surface area contributed by atoms with Crippen molar-refractivity contribution in [2.45, 2.75) is 19.9 Å². The third-order valence-corrected chi connectivity index (χ3v) is 5.18. The fourth-order valence-electron chi connectivity index (χ4n) is 2.87. The van der Waals surface area contributed by atoms with Gasteiger partial charge in [-0.15, -0.1) is 11.3 Å². The molecule has 6 nitrogen and oxygen atoms in total. The first kappa shape index (κ1) is 16.8. The van der Waals surface area contributed by atoms with Crippen molar-refractivity contribution >= 4 is 22.7 Å².